The highest BCUT2D eigenvalue weighted by Gasteiger charge is 2.30. The van der Waals surface area contributed by atoms with E-state index in [-0.39, 0.29) is 16.4 Å². The molecule has 0 spiro atoms. The van der Waals surface area contributed by atoms with Crippen LogP contribution in [0.15, 0.2) is 194 Å². The summed E-state index contributed by atoms with van der Waals surface area (Å²) in [7, 11) is 0. The molecule has 0 radical (unpaired) electrons. The van der Waals surface area contributed by atoms with Crippen LogP contribution in [0.1, 0.15) is 130 Å². The first kappa shape index (κ1) is 32.4. The molecule has 0 saturated heterocycles. The zero-order chi connectivity index (χ0) is 67.3. The van der Waals surface area contributed by atoms with E-state index < -0.39 is 85.6 Å². The number of benzene rings is 8. The van der Waals surface area contributed by atoms with Crippen LogP contribution in [0.4, 0.5) is 0 Å². The lowest BCUT2D eigenvalue weighted by Crippen LogP contribution is -2.17. The number of pyridine rings is 1. The summed E-state index contributed by atoms with van der Waals surface area (Å²) in [6, 6.07) is 57.2. The number of para-hydroxylation sites is 1. The molecule has 0 saturated carbocycles. The molecule has 0 aliphatic carbocycles. The van der Waals surface area contributed by atoms with E-state index in [1.165, 1.54) is 0 Å². The van der Waals surface area contributed by atoms with E-state index in [0.717, 1.165) is 50.6 Å². The third-order valence-electron chi connectivity index (χ3n) is 13.8. The molecular formula is C70H69N3O. The highest BCUT2D eigenvalue weighted by Crippen LogP contribution is 2.46. The van der Waals surface area contributed by atoms with Crippen molar-refractivity contribution in [2.45, 2.75) is 104 Å². The van der Waals surface area contributed by atoms with Gasteiger partial charge in [0.2, 0.25) is 0 Å². The van der Waals surface area contributed by atoms with Crippen molar-refractivity contribution in [3.63, 3.8) is 0 Å². The van der Waals surface area contributed by atoms with Crippen molar-refractivity contribution < 1.29 is 29.8 Å². The van der Waals surface area contributed by atoms with Crippen molar-refractivity contribution in [3.05, 3.63) is 217 Å². The summed E-state index contributed by atoms with van der Waals surface area (Å²) in [4.78, 5) is 10.2. The Morgan fingerprint density at radius 2 is 0.959 bits per heavy atom. The van der Waals surface area contributed by atoms with Crippen LogP contribution < -0.4 is 0 Å². The summed E-state index contributed by atoms with van der Waals surface area (Å²) in [5.41, 5.74) is -0.530. The topological polar surface area (TPSA) is 50.9 Å². The fourth-order valence-electron chi connectivity index (χ4n) is 9.60. The molecule has 10 aromatic rings. The molecular weight excluding hydrogens is 899 g/mol. The van der Waals surface area contributed by atoms with E-state index >= 15 is 0 Å². The second kappa shape index (κ2) is 18.9. The molecule has 0 bridgehead atoms. The van der Waals surface area contributed by atoms with E-state index in [1.54, 1.807) is 35.0 Å². The Labute approximate surface area is 464 Å². The molecule has 0 amide bonds. The highest BCUT2D eigenvalue weighted by atomic mass is 16.3. The van der Waals surface area contributed by atoms with Gasteiger partial charge in [-0.15, -0.1) is 0 Å². The van der Waals surface area contributed by atoms with Gasteiger partial charge in [-0.05, 0) is 131 Å². The van der Waals surface area contributed by atoms with Gasteiger partial charge in [0, 0.05) is 53.1 Å². The van der Waals surface area contributed by atoms with Crippen molar-refractivity contribution in [2.24, 2.45) is 0 Å². The number of hydrogen-bond acceptors (Lipinski definition) is 3. The number of hydrogen-bond donors (Lipinski definition) is 1. The number of imidazole rings is 1. The molecule has 0 aliphatic rings. The number of phenolic OH excluding ortho intramolecular Hbond substituents is 1. The molecule has 2 heterocycles. The Balaban J connectivity index is 1.35. The first-order valence-corrected chi connectivity index (χ1v) is 24.6. The van der Waals surface area contributed by atoms with E-state index in [4.69, 9.17) is 34.6 Å². The standard InChI is InChI=1S/C70H69N3O/c1-67(2,3)54-33-30-48(31-34-54)50-32-35-62(58(41-50)49-22-17-14-18-23-49)73-63-25-19-24-57(64(63)72-66(73)59-43-56(69(7,8)9)44-60(65(59)74)70(10,11)12)52-38-53(40-55(39-52)68(4,5)6)61-42-51(36-37-71-61)47-28-26-46(27-29-47)45-20-15-13-16-21-45/h13-44,74H,1-12H3/i7D3,8D3,9D3,10D3,11D3,12D3. The summed E-state index contributed by atoms with van der Waals surface area (Å²) in [5, 5.41) is 13.2. The van der Waals surface area contributed by atoms with Crippen molar-refractivity contribution in [2.75, 3.05) is 0 Å². The van der Waals surface area contributed by atoms with Crippen molar-refractivity contribution in [3.8, 4) is 89.7 Å². The summed E-state index contributed by atoms with van der Waals surface area (Å²) < 4.78 is 161. The van der Waals surface area contributed by atoms with Crippen molar-refractivity contribution in [1.29, 1.82) is 0 Å². The average Bonchev–Trinajstić information content (AvgIpc) is 0.799. The van der Waals surface area contributed by atoms with Gasteiger partial charge < -0.3 is 5.11 Å². The first-order chi connectivity index (χ1) is 42.6. The zero-order valence-electron chi connectivity index (χ0n) is 60.3. The molecule has 1 N–H and O–H groups in total. The van der Waals surface area contributed by atoms with Crippen molar-refractivity contribution >= 4 is 11.0 Å². The molecule has 4 nitrogen and oxygen atoms in total. The molecule has 370 valence electrons. The molecule has 0 unspecified atom stereocenters. The fourth-order valence-corrected chi connectivity index (χ4v) is 9.60. The van der Waals surface area contributed by atoms with Crippen LogP contribution in [0.5, 0.6) is 5.75 Å². The van der Waals surface area contributed by atoms with Gasteiger partial charge in [-0.25, -0.2) is 4.98 Å². The van der Waals surface area contributed by atoms with Gasteiger partial charge in [-0.1, -0.05) is 222 Å². The Bertz CT molecular complexity index is 4300. The van der Waals surface area contributed by atoms with E-state index in [1.807, 2.05) is 127 Å². The summed E-state index contributed by atoms with van der Waals surface area (Å²) in [6.07, 6.45) is 1.73. The SMILES string of the molecule is [2H]C([2H])([2H])C(c1cc(-c2nc3c(-c4cc(-c5cc(-c6ccc(-c7ccccc7)cc6)ccn5)cc(C(C)(C)C)c4)cccc3n2-c2ccc(-c3ccc(C(C)(C)C)cc3)cc2-c2ccccc2)c(O)c(C(C([2H])([2H])[2H])(C([2H])([2H])[2H])C([2H])([2H])[2H])c1)(C([2H])([2H])[2H])C([2H])([2H])[2H]. The highest BCUT2D eigenvalue weighted by molar-refractivity contribution is 5.98. The maximum absolute atomic E-state index is 13.2. The Morgan fingerprint density at radius 3 is 1.59 bits per heavy atom. The summed E-state index contributed by atoms with van der Waals surface area (Å²) in [6.45, 7) is -12.2. The minimum atomic E-state index is -4.16. The number of phenols is 1. The molecule has 4 heteroatoms. The predicted octanol–water partition coefficient (Wildman–Crippen LogP) is 19.0. The average molecular weight is 986 g/mol. The normalized spacial score (nSPS) is 17.0. The van der Waals surface area contributed by atoms with Gasteiger partial charge in [0.05, 0.1) is 28.0 Å². The van der Waals surface area contributed by atoms with Crippen molar-refractivity contribution in [1.82, 2.24) is 14.5 Å². The van der Waals surface area contributed by atoms with Gasteiger partial charge in [0.25, 0.3) is 0 Å². The second-order valence-corrected chi connectivity index (χ2v) is 21.2. The lowest BCUT2D eigenvalue weighted by atomic mass is 9.79. The minimum Gasteiger partial charge on any atom is -0.507 e. The predicted molar refractivity (Wildman–Crippen MR) is 313 cm³/mol. The monoisotopic (exact) mass is 986 g/mol. The largest absolute Gasteiger partial charge is 0.507 e. The van der Waals surface area contributed by atoms with Crippen LogP contribution in [0, 0.1) is 0 Å². The van der Waals surface area contributed by atoms with Crippen LogP contribution in [0.25, 0.3) is 95.0 Å². The number of rotatable bonds is 8. The number of fused-ring (bicyclic) bond motifs is 1. The third-order valence-corrected chi connectivity index (χ3v) is 13.8. The van der Waals surface area contributed by atoms with Gasteiger partial charge in [0.15, 0.2) is 0 Å². The fraction of sp³-hybridized carbons (Fsp3) is 0.229. The van der Waals surface area contributed by atoms with Crippen LogP contribution in [0.3, 0.4) is 0 Å². The molecule has 2 aromatic heterocycles. The molecule has 0 atom stereocenters. The van der Waals surface area contributed by atoms with Gasteiger partial charge in [-0.3, -0.25) is 9.55 Å². The van der Waals surface area contributed by atoms with Crippen LogP contribution in [-0.4, -0.2) is 19.6 Å². The Kier molecular flexibility index (Phi) is 8.27. The Hall–Kier alpha value is -7.82. The third kappa shape index (κ3) is 9.86. The minimum absolute atomic E-state index is 0.168. The van der Waals surface area contributed by atoms with Crippen LogP contribution in [0.2, 0.25) is 0 Å². The Morgan fingerprint density at radius 1 is 0.405 bits per heavy atom. The molecule has 0 fully saturated rings. The molecule has 0 aliphatic heterocycles. The smallest absolute Gasteiger partial charge is 0.149 e. The number of nitrogens with zero attached hydrogens (tertiary/aromatic N) is 3. The first-order valence-electron chi connectivity index (χ1n) is 33.6. The van der Waals surface area contributed by atoms with Crippen LogP contribution >= 0.6 is 0 Å². The second-order valence-electron chi connectivity index (χ2n) is 21.2. The maximum Gasteiger partial charge on any atom is 0.149 e. The molecule has 74 heavy (non-hydrogen) atoms. The molecule has 10 rings (SSSR count). The van der Waals surface area contributed by atoms with Crippen LogP contribution in [-0.2, 0) is 21.7 Å². The van der Waals surface area contributed by atoms with E-state index in [2.05, 4.69) is 65.8 Å². The summed E-state index contributed by atoms with van der Waals surface area (Å²) >= 11 is 0. The van der Waals surface area contributed by atoms with Gasteiger partial charge in [-0.2, -0.15) is 0 Å². The lowest BCUT2D eigenvalue weighted by molar-refractivity contribution is 0.446. The number of aromatic hydroxyl groups is 1. The summed E-state index contributed by atoms with van der Waals surface area (Å²) in [5.74, 6) is -1.78. The molecule has 8 aromatic carbocycles. The van der Waals surface area contributed by atoms with Gasteiger partial charge >= 0.3 is 0 Å². The quantitative estimate of drug-likeness (QED) is 0.165. The lowest BCUT2D eigenvalue weighted by Gasteiger charge is -2.27. The maximum atomic E-state index is 13.2. The van der Waals surface area contributed by atoms with E-state index in [0.29, 0.717) is 45.3 Å². The van der Waals surface area contributed by atoms with Gasteiger partial charge in [0.1, 0.15) is 11.6 Å². The van der Waals surface area contributed by atoms with E-state index in [9.17, 15) is 5.11 Å². The number of aromatic nitrogens is 3. The zero-order valence-corrected chi connectivity index (χ0v) is 42.3.